The van der Waals surface area contributed by atoms with Crippen molar-refractivity contribution in [2.75, 3.05) is 11.9 Å². The Labute approximate surface area is 111 Å². The number of sulfonamides is 1. The fourth-order valence-electron chi connectivity index (χ4n) is 1.81. The largest absolute Gasteiger partial charge is 0.392 e. The molecule has 0 fully saturated rings. The average molecular weight is 284 g/mol. The maximum Gasteiger partial charge on any atom is 0.240 e. The minimum Gasteiger partial charge on any atom is -0.392 e. The van der Waals surface area contributed by atoms with Crippen molar-refractivity contribution in [3.05, 3.63) is 23.8 Å². The number of amides is 1. The summed E-state index contributed by atoms with van der Waals surface area (Å²) in [5.74, 6) is -0.140. The molecular formula is C12H16N2O4S. The molecule has 2 rings (SSSR count). The predicted molar refractivity (Wildman–Crippen MR) is 70.3 cm³/mol. The average Bonchev–Trinajstić information content (AvgIpc) is 2.74. The van der Waals surface area contributed by atoms with Crippen molar-refractivity contribution in [1.29, 1.82) is 0 Å². The first kappa shape index (κ1) is 14.0. The molecule has 1 aromatic carbocycles. The predicted octanol–water partition coefficient (Wildman–Crippen LogP) is 0.230. The summed E-state index contributed by atoms with van der Waals surface area (Å²) in [6.45, 7) is 1.75. The van der Waals surface area contributed by atoms with E-state index in [0.717, 1.165) is 0 Å². The molecule has 1 heterocycles. The second kappa shape index (κ2) is 5.28. The minimum absolute atomic E-state index is 0.0207. The topological polar surface area (TPSA) is 95.5 Å². The summed E-state index contributed by atoms with van der Waals surface area (Å²) in [6.07, 6.45) is -0.0334. The summed E-state index contributed by atoms with van der Waals surface area (Å²) in [5, 5.41) is 12.0. The molecule has 0 spiro atoms. The number of carbonyl (C=O) groups is 1. The maximum atomic E-state index is 12.0. The number of benzene rings is 1. The zero-order chi connectivity index (χ0) is 14.0. The number of hydrogen-bond donors (Lipinski definition) is 3. The van der Waals surface area contributed by atoms with E-state index in [4.69, 9.17) is 0 Å². The Morgan fingerprint density at radius 2 is 2.21 bits per heavy atom. The van der Waals surface area contributed by atoms with Gasteiger partial charge in [-0.25, -0.2) is 13.1 Å². The third-order valence-electron chi connectivity index (χ3n) is 2.99. The first-order valence-electron chi connectivity index (χ1n) is 6.03. The van der Waals surface area contributed by atoms with Crippen LogP contribution in [0.5, 0.6) is 0 Å². The van der Waals surface area contributed by atoms with Gasteiger partial charge in [0, 0.05) is 12.2 Å². The molecule has 19 heavy (non-hydrogen) atoms. The second-order valence-electron chi connectivity index (χ2n) is 4.46. The number of nitrogens with one attached hydrogen (secondary N) is 2. The molecule has 1 aromatic rings. The molecule has 0 saturated heterocycles. The third kappa shape index (κ3) is 3.12. The van der Waals surface area contributed by atoms with E-state index >= 15 is 0 Å². The van der Waals surface area contributed by atoms with E-state index in [1.54, 1.807) is 13.0 Å². The van der Waals surface area contributed by atoms with Crippen molar-refractivity contribution in [1.82, 2.24) is 4.72 Å². The summed E-state index contributed by atoms with van der Waals surface area (Å²) < 4.78 is 26.4. The maximum absolute atomic E-state index is 12.0. The van der Waals surface area contributed by atoms with Gasteiger partial charge in [-0.3, -0.25) is 4.79 Å². The molecule has 1 amide bonds. The fraction of sp³-hybridized carbons (Fsp3) is 0.417. The lowest BCUT2D eigenvalue weighted by Crippen LogP contribution is -2.31. The van der Waals surface area contributed by atoms with Gasteiger partial charge in [-0.05, 0) is 30.2 Å². The van der Waals surface area contributed by atoms with Crippen molar-refractivity contribution in [3.63, 3.8) is 0 Å². The molecule has 7 heteroatoms. The Bertz CT molecular complexity index is 598. The highest BCUT2D eigenvalue weighted by atomic mass is 32.2. The first-order valence-corrected chi connectivity index (χ1v) is 7.51. The summed E-state index contributed by atoms with van der Waals surface area (Å²) in [7, 11) is -3.65. The minimum atomic E-state index is -3.65. The van der Waals surface area contributed by atoms with Gasteiger partial charge in [-0.1, -0.05) is 6.92 Å². The molecule has 1 aliphatic heterocycles. The standard InChI is InChI=1S/C12H16N2O4S/c1-2-9(15)7-13-19(17,18)10-3-4-11-8(5-10)6-12(16)14-11/h3-5,9,13,15H,2,6-7H2,1H3,(H,14,16). The molecule has 0 aromatic heterocycles. The zero-order valence-corrected chi connectivity index (χ0v) is 11.3. The number of anilines is 1. The van der Waals surface area contributed by atoms with Crippen LogP contribution in [0.25, 0.3) is 0 Å². The van der Waals surface area contributed by atoms with Crippen molar-refractivity contribution in [2.24, 2.45) is 0 Å². The molecular weight excluding hydrogens is 268 g/mol. The van der Waals surface area contributed by atoms with Crippen molar-refractivity contribution in [2.45, 2.75) is 30.8 Å². The lowest BCUT2D eigenvalue weighted by molar-refractivity contribution is -0.115. The number of hydrogen-bond acceptors (Lipinski definition) is 4. The highest BCUT2D eigenvalue weighted by Crippen LogP contribution is 2.25. The van der Waals surface area contributed by atoms with E-state index in [2.05, 4.69) is 10.0 Å². The smallest absolute Gasteiger partial charge is 0.240 e. The normalized spacial score (nSPS) is 16.0. The molecule has 0 aliphatic carbocycles. The first-order chi connectivity index (χ1) is 8.92. The van der Waals surface area contributed by atoms with E-state index < -0.39 is 16.1 Å². The van der Waals surface area contributed by atoms with Gasteiger partial charge < -0.3 is 10.4 Å². The lowest BCUT2D eigenvalue weighted by atomic mass is 10.2. The van der Waals surface area contributed by atoms with Crippen molar-refractivity contribution < 1.29 is 18.3 Å². The number of fused-ring (bicyclic) bond motifs is 1. The van der Waals surface area contributed by atoms with Gasteiger partial charge >= 0.3 is 0 Å². The highest BCUT2D eigenvalue weighted by molar-refractivity contribution is 7.89. The monoisotopic (exact) mass is 284 g/mol. The van der Waals surface area contributed by atoms with Gasteiger partial charge in [-0.15, -0.1) is 0 Å². The van der Waals surface area contributed by atoms with Crippen LogP contribution in [0.3, 0.4) is 0 Å². The van der Waals surface area contributed by atoms with E-state index in [0.29, 0.717) is 17.7 Å². The number of aliphatic hydroxyl groups excluding tert-OH is 1. The van der Waals surface area contributed by atoms with Gasteiger partial charge in [0.25, 0.3) is 0 Å². The van der Waals surface area contributed by atoms with E-state index in [1.165, 1.54) is 12.1 Å². The molecule has 0 bridgehead atoms. The van der Waals surface area contributed by atoms with Crippen LogP contribution >= 0.6 is 0 Å². The van der Waals surface area contributed by atoms with Gasteiger partial charge in [0.2, 0.25) is 15.9 Å². The number of rotatable bonds is 5. The van der Waals surface area contributed by atoms with E-state index in [1.807, 2.05) is 0 Å². The lowest BCUT2D eigenvalue weighted by Gasteiger charge is -2.11. The fourth-order valence-corrected chi connectivity index (χ4v) is 2.93. The summed E-state index contributed by atoms with van der Waals surface area (Å²) >= 11 is 0. The Morgan fingerprint density at radius 3 is 2.89 bits per heavy atom. The zero-order valence-electron chi connectivity index (χ0n) is 10.5. The highest BCUT2D eigenvalue weighted by Gasteiger charge is 2.22. The molecule has 3 N–H and O–H groups in total. The Balaban J connectivity index is 2.18. The van der Waals surface area contributed by atoms with Gasteiger partial charge in [0.1, 0.15) is 0 Å². The van der Waals surface area contributed by atoms with Crippen LogP contribution < -0.4 is 10.0 Å². The molecule has 1 atom stereocenters. The van der Waals surface area contributed by atoms with E-state index in [-0.39, 0.29) is 23.8 Å². The van der Waals surface area contributed by atoms with Crippen LogP contribution in [0.4, 0.5) is 5.69 Å². The van der Waals surface area contributed by atoms with Crippen LogP contribution in [0.2, 0.25) is 0 Å². The molecule has 104 valence electrons. The second-order valence-corrected chi connectivity index (χ2v) is 6.22. The summed E-state index contributed by atoms with van der Waals surface area (Å²) in [5.41, 5.74) is 1.32. The van der Waals surface area contributed by atoms with Gasteiger partial charge in [-0.2, -0.15) is 0 Å². The SMILES string of the molecule is CCC(O)CNS(=O)(=O)c1ccc2c(c1)CC(=O)N2. The molecule has 6 nitrogen and oxygen atoms in total. The van der Waals surface area contributed by atoms with Crippen LogP contribution in [0, 0.1) is 0 Å². The molecule has 0 saturated carbocycles. The Hall–Kier alpha value is -1.44. The molecule has 1 unspecified atom stereocenters. The summed E-state index contributed by atoms with van der Waals surface area (Å²) in [6, 6.07) is 4.49. The van der Waals surface area contributed by atoms with E-state index in [9.17, 15) is 18.3 Å². The number of carbonyl (C=O) groups excluding carboxylic acids is 1. The van der Waals surface area contributed by atoms with Crippen LogP contribution in [-0.4, -0.2) is 32.1 Å². The van der Waals surface area contributed by atoms with Crippen molar-refractivity contribution in [3.8, 4) is 0 Å². The Morgan fingerprint density at radius 1 is 1.47 bits per heavy atom. The molecule has 1 aliphatic rings. The van der Waals surface area contributed by atoms with Gasteiger partial charge in [0.15, 0.2) is 0 Å². The Kier molecular flexibility index (Phi) is 3.88. The summed E-state index contributed by atoms with van der Waals surface area (Å²) in [4.78, 5) is 11.3. The molecule has 0 radical (unpaired) electrons. The quantitative estimate of drug-likeness (QED) is 0.721. The number of aliphatic hydroxyl groups is 1. The third-order valence-corrected chi connectivity index (χ3v) is 4.41. The van der Waals surface area contributed by atoms with Crippen LogP contribution in [0.1, 0.15) is 18.9 Å². The van der Waals surface area contributed by atoms with Gasteiger partial charge in [0.05, 0.1) is 17.4 Å². The van der Waals surface area contributed by atoms with Crippen LogP contribution in [-0.2, 0) is 21.2 Å². The van der Waals surface area contributed by atoms with Crippen molar-refractivity contribution >= 4 is 21.6 Å². The van der Waals surface area contributed by atoms with Crippen LogP contribution in [0.15, 0.2) is 23.1 Å².